The van der Waals surface area contributed by atoms with Crippen molar-refractivity contribution in [2.75, 3.05) is 0 Å². The Balaban J connectivity index is 3.05. The Morgan fingerprint density at radius 1 is 1.44 bits per heavy atom. The maximum Gasteiger partial charge on any atom is 0.276 e. The van der Waals surface area contributed by atoms with E-state index in [0.717, 1.165) is 0 Å². The van der Waals surface area contributed by atoms with Crippen LogP contribution >= 0.6 is 0 Å². The van der Waals surface area contributed by atoms with Crippen LogP contribution in [0.4, 0.5) is 5.69 Å². The highest BCUT2D eigenvalue weighted by atomic mass is 16.6. The van der Waals surface area contributed by atoms with E-state index < -0.39 is 4.92 Å². The molecule has 2 aromatic rings. The molecule has 1 heterocycles. The Morgan fingerprint density at radius 2 is 2.12 bits per heavy atom. The summed E-state index contributed by atoms with van der Waals surface area (Å²) in [7, 11) is 7.25. The third-order valence-corrected chi connectivity index (χ3v) is 2.41. The number of nitro groups is 1. The van der Waals surface area contributed by atoms with E-state index in [2.05, 4.69) is 0 Å². The molecule has 0 unspecified atom stereocenters. The lowest BCUT2D eigenvalue weighted by Crippen LogP contribution is -2.23. The summed E-state index contributed by atoms with van der Waals surface area (Å²) in [5, 5.41) is 11.3. The summed E-state index contributed by atoms with van der Waals surface area (Å²) >= 11 is 0. The average Bonchev–Trinajstić information content (AvgIpc) is 2.25. The summed E-state index contributed by atoms with van der Waals surface area (Å²) in [6.45, 7) is 0. The Labute approximate surface area is 91.9 Å². The van der Waals surface area contributed by atoms with E-state index in [0.29, 0.717) is 0 Å². The van der Waals surface area contributed by atoms with Gasteiger partial charge in [0.15, 0.2) is 0 Å². The number of aryl methyl sites for hydroxylation is 1. The van der Waals surface area contributed by atoms with Crippen molar-refractivity contribution in [3.63, 3.8) is 0 Å². The maximum absolute atomic E-state index is 11.7. The summed E-state index contributed by atoms with van der Waals surface area (Å²) in [6.07, 6.45) is 1.39. The maximum atomic E-state index is 11.7. The second-order valence-corrected chi connectivity index (χ2v) is 3.46. The van der Waals surface area contributed by atoms with E-state index in [-0.39, 0.29) is 27.5 Å². The number of benzene rings is 1. The first-order chi connectivity index (χ1) is 7.52. The third-order valence-electron chi connectivity index (χ3n) is 2.41. The van der Waals surface area contributed by atoms with Crippen molar-refractivity contribution in [3.05, 3.63) is 44.9 Å². The van der Waals surface area contributed by atoms with Gasteiger partial charge in [0, 0.05) is 19.3 Å². The van der Waals surface area contributed by atoms with Crippen molar-refractivity contribution in [3.8, 4) is 0 Å². The Bertz CT molecular complexity index is 648. The number of nitrogens with zero attached hydrogens (tertiary/aromatic N) is 2. The van der Waals surface area contributed by atoms with Crippen LogP contribution in [0.2, 0.25) is 0 Å². The smallest absolute Gasteiger partial charge is 0.276 e. The van der Waals surface area contributed by atoms with Gasteiger partial charge in [-0.25, -0.2) is 0 Å². The van der Waals surface area contributed by atoms with Gasteiger partial charge in [-0.2, -0.15) is 0 Å². The van der Waals surface area contributed by atoms with Gasteiger partial charge in [0.25, 0.3) is 11.2 Å². The summed E-state index contributed by atoms with van der Waals surface area (Å²) in [4.78, 5) is 22.0. The SMILES string of the molecule is [B]c1cn(C)c(=O)c2cccc([N+](=O)[O-])c12. The summed E-state index contributed by atoms with van der Waals surface area (Å²) in [5.74, 6) is 0. The number of fused-ring (bicyclic) bond motifs is 1. The molecule has 0 bridgehead atoms. The van der Waals surface area contributed by atoms with Gasteiger partial charge in [0.2, 0.25) is 0 Å². The van der Waals surface area contributed by atoms with Gasteiger partial charge in [0.05, 0.1) is 15.7 Å². The number of rotatable bonds is 1. The zero-order chi connectivity index (χ0) is 11.9. The lowest BCUT2D eigenvalue weighted by Gasteiger charge is -2.05. The van der Waals surface area contributed by atoms with E-state index in [1.807, 2.05) is 0 Å². The van der Waals surface area contributed by atoms with Gasteiger partial charge in [-0.3, -0.25) is 14.9 Å². The topological polar surface area (TPSA) is 65.1 Å². The van der Waals surface area contributed by atoms with Crippen molar-refractivity contribution >= 4 is 29.8 Å². The van der Waals surface area contributed by atoms with Gasteiger partial charge in [0.1, 0.15) is 7.85 Å². The van der Waals surface area contributed by atoms with E-state index in [9.17, 15) is 14.9 Å². The van der Waals surface area contributed by atoms with Crippen LogP contribution in [0.25, 0.3) is 10.8 Å². The quantitative estimate of drug-likeness (QED) is 0.388. The minimum Gasteiger partial charge on any atom is -0.319 e. The molecule has 16 heavy (non-hydrogen) atoms. The first-order valence-electron chi connectivity index (χ1n) is 4.54. The lowest BCUT2D eigenvalue weighted by molar-refractivity contribution is -0.383. The van der Waals surface area contributed by atoms with Crippen molar-refractivity contribution in [2.45, 2.75) is 0 Å². The van der Waals surface area contributed by atoms with Gasteiger partial charge < -0.3 is 4.57 Å². The van der Waals surface area contributed by atoms with Crippen LogP contribution in [-0.4, -0.2) is 17.3 Å². The third kappa shape index (κ3) is 1.39. The number of hydrogen-bond donors (Lipinski definition) is 0. The highest BCUT2D eigenvalue weighted by molar-refractivity contribution is 6.39. The van der Waals surface area contributed by atoms with Crippen LogP contribution in [0.5, 0.6) is 0 Å². The Kier molecular flexibility index (Phi) is 2.27. The number of hydrogen-bond acceptors (Lipinski definition) is 3. The van der Waals surface area contributed by atoms with Crippen LogP contribution in [0, 0.1) is 10.1 Å². The molecular formula is C10H7BN2O3. The van der Waals surface area contributed by atoms with Crippen LogP contribution in [0.3, 0.4) is 0 Å². The molecule has 6 heteroatoms. The van der Waals surface area contributed by atoms with Gasteiger partial charge in [-0.15, -0.1) is 0 Å². The number of aromatic nitrogens is 1. The molecule has 0 spiro atoms. The van der Waals surface area contributed by atoms with E-state index in [1.54, 1.807) is 7.05 Å². The molecule has 0 atom stereocenters. The molecule has 5 nitrogen and oxygen atoms in total. The molecule has 78 valence electrons. The van der Waals surface area contributed by atoms with E-state index >= 15 is 0 Å². The molecule has 0 aliphatic heterocycles. The summed E-state index contributed by atoms with van der Waals surface area (Å²) < 4.78 is 1.31. The molecule has 0 fully saturated rings. The first-order valence-corrected chi connectivity index (χ1v) is 4.54. The fourth-order valence-electron chi connectivity index (χ4n) is 1.70. The van der Waals surface area contributed by atoms with Crippen LogP contribution in [-0.2, 0) is 7.05 Å². The second-order valence-electron chi connectivity index (χ2n) is 3.46. The van der Waals surface area contributed by atoms with Crippen molar-refractivity contribution in [1.29, 1.82) is 0 Å². The average molecular weight is 214 g/mol. The molecule has 1 aromatic heterocycles. The minimum absolute atomic E-state index is 0.146. The molecule has 0 aliphatic carbocycles. The molecule has 2 rings (SSSR count). The Hall–Kier alpha value is -2.11. The molecule has 0 saturated carbocycles. The van der Waals surface area contributed by atoms with Crippen LogP contribution in [0.15, 0.2) is 29.2 Å². The predicted octanol–water partition coefficient (Wildman–Crippen LogP) is 0.240. The van der Waals surface area contributed by atoms with Gasteiger partial charge in [-0.1, -0.05) is 11.5 Å². The van der Waals surface area contributed by atoms with Crippen LogP contribution in [0.1, 0.15) is 0 Å². The number of pyridine rings is 1. The van der Waals surface area contributed by atoms with Crippen molar-refractivity contribution in [2.24, 2.45) is 7.05 Å². The summed E-state index contributed by atoms with van der Waals surface area (Å²) in [5.41, 5.74) is -0.218. The largest absolute Gasteiger partial charge is 0.319 e. The van der Waals surface area contributed by atoms with Crippen LogP contribution < -0.4 is 11.0 Å². The molecular weight excluding hydrogens is 207 g/mol. The highest BCUT2D eigenvalue weighted by Gasteiger charge is 2.15. The Morgan fingerprint density at radius 3 is 2.75 bits per heavy atom. The van der Waals surface area contributed by atoms with E-state index in [1.165, 1.54) is 29.0 Å². The molecule has 0 amide bonds. The van der Waals surface area contributed by atoms with Gasteiger partial charge >= 0.3 is 0 Å². The zero-order valence-electron chi connectivity index (χ0n) is 8.51. The number of non-ortho nitro benzene ring substituents is 1. The monoisotopic (exact) mass is 214 g/mol. The molecule has 0 N–H and O–H groups in total. The fourth-order valence-corrected chi connectivity index (χ4v) is 1.70. The molecule has 2 radical (unpaired) electrons. The predicted molar refractivity (Wildman–Crippen MR) is 61.2 cm³/mol. The van der Waals surface area contributed by atoms with Crippen molar-refractivity contribution in [1.82, 2.24) is 4.57 Å². The highest BCUT2D eigenvalue weighted by Crippen LogP contribution is 2.20. The van der Waals surface area contributed by atoms with Crippen molar-refractivity contribution < 1.29 is 4.92 Å². The fraction of sp³-hybridized carbons (Fsp3) is 0.100. The standard InChI is InChI=1S/C10H7BN2O3/c1-12-5-7(11)9-6(10(12)14)3-2-4-8(9)13(15)16/h2-5H,1H3. The number of nitro benzene ring substituents is 1. The minimum atomic E-state index is -0.544. The van der Waals surface area contributed by atoms with Gasteiger partial charge in [-0.05, 0) is 6.07 Å². The second kappa shape index (κ2) is 3.48. The zero-order valence-corrected chi connectivity index (χ0v) is 8.51. The molecule has 1 aromatic carbocycles. The first kappa shape index (κ1) is 10.4. The summed E-state index contributed by atoms with van der Waals surface area (Å²) in [6, 6.07) is 4.33. The molecule has 0 saturated heterocycles. The lowest BCUT2D eigenvalue weighted by atomic mass is 9.91. The normalized spacial score (nSPS) is 10.6. The molecule has 0 aliphatic rings. The van der Waals surface area contributed by atoms with E-state index in [4.69, 9.17) is 7.85 Å².